The van der Waals surface area contributed by atoms with Crippen molar-refractivity contribution in [3.05, 3.63) is 71.8 Å². The first-order valence-corrected chi connectivity index (χ1v) is 10.2. The Bertz CT molecular complexity index is 1320. The second-order valence-corrected chi connectivity index (χ2v) is 7.76. The molecule has 0 spiro atoms. The number of aromatic nitrogens is 4. The average Bonchev–Trinajstić information content (AvgIpc) is 2.79. The lowest BCUT2D eigenvalue weighted by Gasteiger charge is -2.12. The Morgan fingerprint density at radius 3 is 2.59 bits per heavy atom. The SMILES string of the molecule is CNc1cc2ncc(-c3cc(NC(=O)c4nccc(C(C)C)c4F)cnc3C)cc2cn1. The zero-order valence-corrected chi connectivity index (χ0v) is 18.3. The first kappa shape index (κ1) is 21.3. The van der Waals surface area contributed by atoms with Crippen LogP contribution in [0.25, 0.3) is 22.0 Å². The lowest BCUT2D eigenvalue weighted by atomic mass is 10.0. The number of nitrogens with one attached hydrogen (secondary N) is 2. The number of carbonyl (C=O) groups is 1. The monoisotopic (exact) mass is 430 g/mol. The number of aryl methyl sites for hydroxylation is 1. The highest BCUT2D eigenvalue weighted by atomic mass is 19.1. The molecule has 162 valence electrons. The van der Waals surface area contributed by atoms with Crippen molar-refractivity contribution >= 4 is 28.3 Å². The van der Waals surface area contributed by atoms with Gasteiger partial charge in [-0.2, -0.15) is 0 Å². The highest BCUT2D eigenvalue weighted by molar-refractivity contribution is 6.03. The normalized spacial score (nSPS) is 11.1. The molecule has 4 rings (SSSR count). The summed E-state index contributed by atoms with van der Waals surface area (Å²) in [4.78, 5) is 29.9. The zero-order valence-electron chi connectivity index (χ0n) is 18.3. The number of anilines is 2. The number of halogens is 1. The molecule has 1 amide bonds. The summed E-state index contributed by atoms with van der Waals surface area (Å²) in [5.74, 6) is -0.548. The summed E-state index contributed by atoms with van der Waals surface area (Å²) in [6, 6.07) is 7.22. The van der Waals surface area contributed by atoms with Gasteiger partial charge in [0.15, 0.2) is 11.5 Å². The molecule has 0 aliphatic rings. The maximum atomic E-state index is 14.7. The van der Waals surface area contributed by atoms with Gasteiger partial charge in [-0.05, 0) is 36.6 Å². The van der Waals surface area contributed by atoms with Crippen LogP contribution in [0.5, 0.6) is 0 Å². The van der Waals surface area contributed by atoms with Gasteiger partial charge >= 0.3 is 0 Å². The van der Waals surface area contributed by atoms with E-state index in [0.29, 0.717) is 11.3 Å². The zero-order chi connectivity index (χ0) is 22.8. The number of nitrogens with zero attached hydrogens (tertiary/aromatic N) is 4. The standard InChI is InChI=1S/C24H23FN6O/c1-13(2)18-5-6-27-23(22(18)25)24(32)31-17-8-19(14(3)28-12-17)15-7-16-11-30-21(26-4)9-20(16)29-10-15/h5-13H,1-4H3,(H,26,30)(H,31,32). The first-order valence-electron chi connectivity index (χ1n) is 10.2. The van der Waals surface area contributed by atoms with Crippen LogP contribution < -0.4 is 10.6 Å². The molecule has 0 radical (unpaired) electrons. The molecular formula is C24H23FN6O. The van der Waals surface area contributed by atoms with Crippen LogP contribution in [0.3, 0.4) is 0 Å². The van der Waals surface area contributed by atoms with Gasteiger partial charge in [0, 0.05) is 53.9 Å². The molecule has 0 aliphatic carbocycles. The number of amides is 1. The number of fused-ring (bicyclic) bond motifs is 1. The predicted octanol–water partition coefficient (Wildman–Crippen LogP) is 4.95. The molecule has 2 N–H and O–H groups in total. The molecular weight excluding hydrogens is 407 g/mol. The first-order chi connectivity index (χ1) is 15.4. The fourth-order valence-corrected chi connectivity index (χ4v) is 3.45. The summed E-state index contributed by atoms with van der Waals surface area (Å²) >= 11 is 0. The van der Waals surface area contributed by atoms with E-state index >= 15 is 0 Å². The van der Waals surface area contributed by atoms with Crippen molar-refractivity contribution in [3.63, 3.8) is 0 Å². The molecule has 32 heavy (non-hydrogen) atoms. The largest absolute Gasteiger partial charge is 0.373 e. The molecule has 0 atom stereocenters. The van der Waals surface area contributed by atoms with E-state index < -0.39 is 11.7 Å². The maximum absolute atomic E-state index is 14.7. The van der Waals surface area contributed by atoms with Gasteiger partial charge < -0.3 is 10.6 Å². The molecule has 0 aliphatic heterocycles. The summed E-state index contributed by atoms with van der Waals surface area (Å²) in [5, 5.41) is 6.59. The van der Waals surface area contributed by atoms with Gasteiger partial charge in [0.1, 0.15) is 5.82 Å². The minimum atomic E-state index is -0.623. The van der Waals surface area contributed by atoms with Crippen LogP contribution in [-0.4, -0.2) is 32.9 Å². The Morgan fingerprint density at radius 2 is 1.84 bits per heavy atom. The minimum absolute atomic E-state index is 0.0590. The van der Waals surface area contributed by atoms with Crippen LogP contribution in [-0.2, 0) is 0 Å². The van der Waals surface area contributed by atoms with Crippen LogP contribution in [0.2, 0.25) is 0 Å². The molecule has 7 nitrogen and oxygen atoms in total. The van der Waals surface area contributed by atoms with E-state index in [1.54, 1.807) is 31.6 Å². The highest BCUT2D eigenvalue weighted by Crippen LogP contribution is 2.28. The van der Waals surface area contributed by atoms with Crippen molar-refractivity contribution in [3.8, 4) is 11.1 Å². The topological polar surface area (TPSA) is 92.7 Å². The van der Waals surface area contributed by atoms with E-state index in [9.17, 15) is 9.18 Å². The fourth-order valence-electron chi connectivity index (χ4n) is 3.45. The highest BCUT2D eigenvalue weighted by Gasteiger charge is 2.19. The molecule has 8 heteroatoms. The molecule has 0 bridgehead atoms. The van der Waals surface area contributed by atoms with Crippen molar-refractivity contribution in [2.24, 2.45) is 0 Å². The van der Waals surface area contributed by atoms with Gasteiger partial charge in [-0.3, -0.25) is 14.8 Å². The van der Waals surface area contributed by atoms with Crippen LogP contribution in [0.1, 0.15) is 41.5 Å². The molecule has 0 unspecified atom stereocenters. The Hall–Kier alpha value is -3.94. The van der Waals surface area contributed by atoms with Crippen molar-refractivity contribution < 1.29 is 9.18 Å². The second-order valence-electron chi connectivity index (χ2n) is 7.76. The van der Waals surface area contributed by atoms with Gasteiger partial charge in [-0.1, -0.05) is 13.8 Å². The van der Waals surface area contributed by atoms with E-state index in [1.807, 2.05) is 32.9 Å². The molecule has 0 aromatic carbocycles. The lowest BCUT2D eigenvalue weighted by molar-refractivity contribution is 0.101. The third-order valence-electron chi connectivity index (χ3n) is 5.23. The summed E-state index contributed by atoms with van der Waals surface area (Å²) in [6.07, 6.45) is 6.49. The lowest BCUT2D eigenvalue weighted by Crippen LogP contribution is -2.17. The Labute approximate surface area is 185 Å². The molecule has 0 saturated carbocycles. The molecule has 0 saturated heterocycles. The van der Waals surface area contributed by atoms with Crippen LogP contribution in [0, 0.1) is 12.7 Å². The third kappa shape index (κ3) is 4.12. The molecule has 4 heterocycles. The Balaban J connectivity index is 1.66. The van der Waals surface area contributed by atoms with Crippen LogP contribution in [0.15, 0.2) is 49.1 Å². The van der Waals surface area contributed by atoms with Crippen molar-refractivity contribution in [1.29, 1.82) is 0 Å². The average molecular weight is 430 g/mol. The van der Waals surface area contributed by atoms with E-state index in [4.69, 9.17) is 0 Å². The van der Waals surface area contributed by atoms with Crippen molar-refractivity contribution in [2.45, 2.75) is 26.7 Å². The van der Waals surface area contributed by atoms with Gasteiger partial charge in [-0.25, -0.2) is 14.4 Å². The number of rotatable bonds is 5. The van der Waals surface area contributed by atoms with E-state index in [-0.39, 0.29) is 11.6 Å². The van der Waals surface area contributed by atoms with Gasteiger partial charge in [0.2, 0.25) is 0 Å². The summed E-state index contributed by atoms with van der Waals surface area (Å²) in [5.41, 5.74) is 3.88. The number of pyridine rings is 4. The molecule has 4 aromatic rings. The Kier molecular flexibility index (Phi) is 5.77. The predicted molar refractivity (Wildman–Crippen MR) is 123 cm³/mol. The number of hydrogen-bond donors (Lipinski definition) is 2. The third-order valence-corrected chi connectivity index (χ3v) is 5.23. The minimum Gasteiger partial charge on any atom is -0.373 e. The molecule has 0 fully saturated rings. The van der Waals surface area contributed by atoms with Crippen molar-refractivity contribution in [1.82, 2.24) is 19.9 Å². The van der Waals surface area contributed by atoms with E-state index in [0.717, 1.165) is 33.5 Å². The fraction of sp³-hybridized carbons (Fsp3) is 0.208. The van der Waals surface area contributed by atoms with Gasteiger partial charge in [0.25, 0.3) is 5.91 Å². The smallest absolute Gasteiger partial charge is 0.277 e. The number of hydrogen-bond acceptors (Lipinski definition) is 6. The van der Waals surface area contributed by atoms with E-state index in [1.165, 1.54) is 12.4 Å². The number of carbonyl (C=O) groups excluding carboxylic acids is 1. The maximum Gasteiger partial charge on any atom is 0.277 e. The summed E-state index contributed by atoms with van der Waals surface area (Å²) in [6.45, 7) is 5.60. The van der Waals surface area contributed by atoms with E-state index in [2.05, 4.69) is 30.6 Å². The van der Waals surface area contributed by atoms with Gasteiger partial charge in [0.05, 0.1) is 17.4 Å². The van der Waals surface area contributed by atoms with Crippen LogP contribution in [0.4, 0.5) is 15.9 Å². The quantitative estimate of drug-likeness (QED) is 0.465. The molecule has 4 aromatic heterocycles. The second kappa shape index (κ2) is 8.66. The summed E-state index contributed by atoms with van der Waals surface area (Å²) in [7, 11) is 1.80. The Morgan fingerprint density at radius 1 is 1.03 bits per heavy atom. The van der Waals surface area contributed by atoms with Crippen LogP contribution >= 0.6 is 0 Å². The van der Waals surface area contributed by atoms with Crippen molar-refractivity contribution in [2.75, 3.05) is 17.7 Å². The summed E-state index contributed by atoms with van der Waals surface area (Å²) < 4.78 is 14.7. The van der Waals surface area contributed by atoms with Gasteiger partial charge in [-0.15, -0.1) is 0 Å².